The fourth-order valence-electron chi connectivity index (χ4n) is 2.07. The van der Waals surface area contributed by atoms with E-state index in [9.17, 15) is 0 Å². The summed E-state index contributed by atoms with van der Waals surface area (Å²) < 4.78 is 16.4. The van der Waals surface area contributed by atoms with Crippen molar-refractivity contribution in [2.24, 2.45) is 0 Å². The van der Waals surface area contributed by atoms with E-state index in [-0.39, 0.29) is 6.10 Å². The molecule has 4 nitrogen and oxygen atoms in total. The van der Waals surface area contributed by atoms with Gasteiger partial charge in [0.2, 0.25) is 0 Å². The van der Waals surface area contributed by atoms with Crippen LogP contribution in [0.1, 0.15) is 25.2 Å². The average molecular weight is 289 g/mol. The Hall–Kier alpha value is -1.94. The van der Waals surface area contributed by atoms with Crippen molar-refractivity contribution in [2.45, 2.75) is 32.9 Å². The van der Waals surface area contributed by atoms with Gasteiger partial charge in [-0.25, -0.2) is 0 Å². The van der Waals surface area contributed by atoms with Gasteiger partial charge in [-0.05, 0) is 43.7 Å². The number of methoxy groups -OCH3 is 1. The monoisotopic (exact) mass is 289 g/mol. The van der Waals surface area contributed by atoms with Crippen LogP contribution < -0.4 is 14.8 Å². The maximum Gasteiger partial charge on any atom is 0.161 e. The lowest BCUT2D eigenvalue weighted by molar-refractivity contribution is 0.230. The highest BCUT2D eigenvalue weighted by Crippen LogP contribution is 2.28. The van der Waals surface area contributed by atoms with Crippen LogP contribution in [-0.2, 0) is 13.0 Å². The van der Waals surface area contributed by atoms with Crippen molar-refractivity contribution in [3.63, 3.8) is 0 Å². The highest BCUT2D eigenvalue weighted by molar-refractivity contribution is 5.43. The summed E-state index contributed by atoms with van der Waals surface area (Å²) in [5.74, 6) is 2.56. The lowest BCUT2D eigenvalue weighted by Crippen LogP contribution is -2.16. The summed E-state index contributed by atoms with van der Waals surface area (Å²) in [6.07, 6.45) is 2.72. The lowest BCUT2D eigenvalue weighted by Gasteiger charge is -2.14. The molecule has 2 rings (SSSR count). The van der Waals surface area contributed by atoms with Crippen LogP contribution in [0.15, 0.2) is 41.0 Å². The Labute approximate surface area is 126 Å². The molecule has 0 spiro atoms. The van der Waals surface area contributed by atoms with Crippen molar-refractivity contribution in [1.29, 1.82) is 0 Å². The standard InChI is InChI=1S/C17H23NO3/c1-13(2)21-16-7-6-14(11-17(16)19-3)12-18-9-8-15-5-4-10-20-15/h4-7,10-11,13,18H,8-9,12H2,1-3H3. The molecule has 0 saturated heterocycles. The fourth-order valence-corrected chi connectivity index (χ4v) is 2.07. The van der Waals surface area contributed by atoms with Gasteiger partial charge in [0.15, 0.2) is 11.5 Å². The van der Waals surface area contributed by atoms with Crippen LogP contribution in [-0.4, -0.2) is 19.8 Å². The molecule has 0 amide bonds. The molecule has 0 aliphatic rings. The van der Waals surface area contributed by atoms with Gasteiger partial charge in [-0.2, -0.15) is 0 Å². The van der Waals surface area contributed by atoms with E-state index in [0.29, 0.717) is 0 Å². The van der Waals surface area contributed by atoms with E-state index in [4.69, 9.17) is 13.9 Å². The second-order valence-electron chi connectivity index (χ2n) is 5.16. The maximum absolute atomic E-state index is 5.71. The highest BCUT2D eigenvalue weighted by atomic mass is 16.5. The van der Waals surface area contributed by atoms with Gasteiger partial charge in [0.25, 0.3) is 0 Å². The smallest absolute Gasteiger partial charge is 0.161 e. The van der Waals surface area contributed by atoms with Crippen LogP contribution in [0, 0.1) is 0 Å². The Morgan fingerprint density at radius 3 is 2.71 bits per heavy atom. The van der Waals surface area contributed by atoms with Gasteiger partial charge in [-0.15, -0.1) is 0 Å². The number of rotatable bonds is 8. The Morgan fingerprint density at radius 1 is 1.19 bits per heavy atom. The van der Waals surface area contributed by atoms with Gasteiger partial charge in [0.1, 0.15) is 5.76 Å². The number of nitrogens with one attached hydrogen (secondary N) is 1. The van der Waals surface area contributed by atoms with E-state index in [2.05, 4.69) is 11.4 Å². The molecule has 0 unspecified atom stereocenters. The average Bonchev–Trinajstić information content (AvgIpc) is 2.97. The molecule has 0 atom stereocenters. The van der Waals surface area contributed by atoms with Gasteiger partial charge in [-0.3, -0.25) is 0 Å². The van der Waals surface area contributed by atoms with E-state index >= 15 is 0 Å². The molecule has 4 heteroatoms. The first-order valence-corrected chi connectivity index (χ1v) is 7.25. The topological polar surface area (TPSA) is 43.6 Å². The van der Waals surface area contributed by atoms with Crippen molar-refractivity contribution in [2.75, 3.05) is 13.7 Å². The lowest BCUT2D eigenvalue weighted by atomic mass is 10.2. The number of ether oxygens (including phenoxy) is 2. The highest BCUT2D eigenvalue weighted by Gasteiger charge is 2.07. The minimum atomic E-state index is 0.135. The van der Waals surface area contributed by atoms with Crippen molar-refractivity contribution in [1.82, 2.24) is 5.32 Å². The first-order valence-electron chi connectivity index (χ1n) is 7.25. The van der Waals surface area contributed by atoms with E-state index in [1.165, 1.54) is 5.56 Å². The molecular weight excluding hydrogens is 266 g/mol. The molecule has 1 aromatic heterocycles. The van der Waals surface area contributed by atoms with E-state index in [0.717, 1.165) is 36.8 Å². The third kappa shape index (κ3) is 4.83. The Kier molecular flexibility index (Phi) is 5.69. The third-order valence-corrected chi connectivity index (χ3v) is 3.05. The van der Waals surface area contributed by atoms with Crippen molar-refractivity contribution in [3.05, 3.63) is 47.9 Å². The molecule has 1 heterocycles. The minimum absolute atomic E-state index is 0.135. The molecule has 0 aliphatic carbocycles. The van der Waals surface area contributed by atoms with Crippen LogP contribution in [0.25, 0.3) is 0 Å². The van der Waals surface area contributed by atoms with Crippen LogP contribution in [0.4, 0.5) is 0 Å². The molecule has 0 bridgehead atoms. The van der Waals surface area contributed by atoms with Gasteiger partial charge in [0, 0.05) is 19.5 Å². The van der Waals surface area contributed by atoms with E-state index < -0.39 is 0 Å². The molecule has 1 aromatic carbocycles. The molecule has 0 radical (unpaired) electrons. The summed E-state index contributed by atoms with van der Waals surface area (Å²) in [6, 6.07) is 9.93. The molecular formula is C17H23NO3. The zero-order chi connectivity index (χ0) is 15.1. The summed E-state index contributed by atoms with van der Waals surface area (Å²) in [4.78, 5) is 0. The van der Waals surface area contributed by atoms with Gasteiger partial charge in [-0.1, -0.05) is 6.07 Å². The van der Waals surface area contributed by atoms with Crippen molar-refractivity contribution < 1.29 is 13.9 Å². The predicted octanol–water partition coefficient (Wildman–Crippen LogP) is 3.41. The van der Waals surface area contributed by atoms with Gasteiger partial charge >= 0.3 is 0 Å². The molecule has 1 N–H and O–H groups in total. The number of furan rings is 1. The normalized spacial score (nSPS) is 10.9. The third-order valence-electron chi connectivity index (χ3n) is 3.05. The summed E-state index contributed by atoms with van der Waals surface area (Å²) in [6.45, 7) is 5.67. The molecule has 0 saturated carbocycles. The van der Waals surface area contributed by atoms with Crippen LogP contribution in [0.3, 0.4) is 0 Å². The van der Waals surface area contributed by atoms with Crippen LogP contribution >= 0.6 is 0 Å². The quantitative estimate of drug-likeness (QED) is 0.756. The van der Waals surface area contributed by atoms with Crippen molar-refractivity contribution in [3.8, 4) is 11.5 Å². The van der Waals surface area contributed by atoms with Gasteiger partial charge in [0.05, 0.1) is 19.5 Å². The van der Waals surface area contributed by atoms with Crippen molar-refractivity contribution >= 4 is 0 Å². The van der Waals surface area contributed by atoms with Crippen LogP contribution in [0.5, 0.6) is 11.5 Å². The Balaban J connectivity index is 1.85. The summed E-state index contributed by atoms with van der Waals surface area (Å²) in [5, 5.41) is 3.40. The second-order valence-corrected chi connectivity index (χ2v) is 5.16. The number of hydrogen-bond acceptors (Lipinski definition) is 4. The summed E-state index contributed by atoms with van der Waals surface area (Å²) >= 11 is 0. The minimum Gasteiger partial charge on any atom is -0.493 e. The zero-order valence-electron chi connectivity index (χ0n) is 12.9. The van der Waals surface area contributed by atoms with E-state index in [1.54, 1.807) is 13.4 Å². The summed E-state index contributed by atoms with van der Waals surface area (Å²) in [5.41, 5.74) is 1.17. The Bertz CT molecular complexity index is 535. The Morgan fingerprint density at radius 2 is 2.05 bits per heavy atom. The first-order chi connectivity index (χ1) is 10.2. The molecule has 21 heavy (non-hydrogen) atoms. The predicted molar refractivity (Wildman–Crippen MR) is 82.9 cm³/mol. The fraction of sp³-hybridized carbons (Fsp3) is 0.412. The SMILES string of the molecule is COc1cc(CNCCc2ccco2)ccc1OC(C)C. The molecule has 114 valence electrons. The first kappa shape index (κ1) is 15.4. The zero-order valence-corrected chi connectivity index (χ0v) is 12.9. The maximum atomic E-state index is 5.71. The molecule has 0 aliphatic heterocycles. The largest absolute Gasteiger partial charge is 0.493 e. The second kappa shape index (κ2) is 7.74. The molecule has 2 aromatic rings. The van der Waals surface area contributed by atoms with Gasteiger partial charge < -0.3 is 19.2 Å². The summed E-state index contributed by atoms with van der Waals surface area (Å²) in [7, 11) is 1.66. The van der Waals surface area contributed by atoms with Crippen LogP contribution in [0.2, 0.25) is 0 Å². The van der Waals surface area contributed by atoms with E-state index in [1.807, 2.05) is 38.1 Å². The number of benzene rings is 1. The number of hydrogen-bond donors (Lipinski definition) is 1. The molecule has 0 fully saturated rings.